The van der Waals surface area contributed by atoms with Crippen molar-refractivity contribution in [1.29, 1.82) is 0 Å². The first-order valence-corrected chi connectivity index (χ1v) is 6.92. The van der Waals surface area contributed by atoms with Crippen molar-refractivity contribution in [3.05, 3.63) is 58.2 Å². The van der Waals surface area contributed by atoms with Crippen LogP contribution in [0.5, 0.6) is 0 Å². The maximum Gasteiger partial charge on any atom is 0.197 e. The minimum Gasteiger partial charge on any atom is -0.208 e. The molecule has 120 valence electrons. The van der Waals surface area contributed by atoms with Gasteiger partial charge in [-0.3, -0.25) is 0 Å². The minimum absolute atomic E-state index is 0.0758. The van der Waals surface area contributed by atoms with Gasteiger partial charge in [-0.05, 0) is 6.07 Å². The lowest BCUT2D eigenvalue weighted by atomic mass is 9.90. The molecular formula is C12H2Br2F8. The number of hydrogen-bond donors (Lipinski definition) is 0. The highest BCUT2D eigenvalue weighted by atomic mass is 79.9. The van der Waals surface area contributed by atoms with Gasteiger partial charge in [-0.25, -0.2) is 35.1 Å². The molecule has 0 fully saturated rings. The third-order valence-electron chi connectivity index (χ3n) is 2.92. The predicted molar refractivity (Wildman–Crippen MR) is 68.1 cm³/mol. The van der Waals surface area contributed by atoms with Crippen LogP contribution >= 0.6 is 31.9 Å². The van der Waals surface area contributed by atoms with Gasteiger partial charge in [-0.2, -0.15) is 0 Å². The smallest absolute Gasteiger partial charge is 0.197 e. The second-order valence-electron chi connectivity index (χ2n) is 4.22. The molecule has 1 aliphatic rings. The van der Waals surface area contributed by atoms with Gasteiger partial charge < -0.3 is 0 Å². The molecule has 1 aromatic rings. The van der Waals surface area contributed by atoms with E-state index in [-0.39, 0.29) is 6.07 Å². The Labute approximate surface area is 134 Å². The molecule has 0 heterocycles. The maximum absolute atomic E-state index is 13.9. The zero-order valence-corrected chi connectivity index (χ0v) is 13.1. The van der Waals surface area contributed by atoms with Crippen LogP contribution in [0.4, 0.5) is 35.1 Å². The van der Waals surface area contributed by atoms with Crippen molar-refractivity contribution >= 4 is 31.9 Å². The molecule has 0 radical (unpaired) electrons. The minimum atomic E-state index is -2.71. The van der Waals surface area contributed by atoms with Gasteiger partial charge in [0.15, 0.2) is 38.2 Å². The van der Waals surface area contributed by atoms with Gasteiger partial charge in [-0.15, -0.1) is 0 Å². The van der Waals surface area contributed by atoms with Gasteiger partial charge in [-0.1, -0.05) is 31.9 Å². The van der Waals surface area contributed by atoms with Crippen molar-refractivity contribution in [1.82, 2.24) is 0 Å². The van der Waals surface area contributed by atoms with Gasteiger partial charge in [0.1, 0.15) is 11.7 Å². The normalized spacial score (nSPS) is 19.2. The topological polar surface area (TPSA) is 0 Å². The van der Waals surface area contributed by atoms with E-state index < -0.39 is 61.3 Å². The lowest BCUT2D eigenvalue weighted by Gasteiger charge is -2.27. The van der Waals surface area contributed by atoms with Crippen molar-refractivity contribution in [2.75, 3.05) is 0 Å². The van der Waals surface area contributed by atoms with E-state index in [0.717, 1.165) is 0 Å². The van der Waals surface area contributed by atoms with E-state index in [1.165, 1.54) is 0 Å². The number of rotatable bonds is 1. The van der Waals surface area contributed by atoms with Crippen molar-refractivity contribution in [2.45, 2.75) is 9.15 Å². The number of halogens is 10. The van der Waals surface area contributed by atoms with E-state index in [2.05, 4.69) is 31.9 Å². The Balaban J connectivity index is 2.76. The van der Waals surface area contributed by atoms with Crippen LogP contribution in [0.1, 0.15) is 11.5 Å². The highest BCUT2D eigenvalue weighted by Gasteiger charge is 2.49. The first kappa shape index (κ1) is 17.5. The van der Waals surface area contributed by atoms with Crippen LogP contribution in [0.2, 0.25) is 0 Å². The fourth-order valence-electron chi connectivity index (χ4n) is 1.84. The molecule has 0 amide bonds. The number of allylic oxidation sites excluding steroid dienone is 4. The molecule has 0 spiro atoms. The molecule has 0 aromatic heterocycles. The van der Waals surface area contributed by atoms with Crippen LogP contribution in [-0.4, -0.2) is 3.23 Å². The summed E-state index contributed by atoms with van der Waals surface area (Å²) < 4.78 is 105. The summed E-state index contributed by atoms with van der Waals surface area (Å²) in [7, 11) is 0. The lowest BCUT2D eigenvalue weighted by Crippen LogP contribution is -2.24. The fraction of sp³-hybridized carbons (Fsp3) is 0.167. The largest absolute Gasteiger partial charge is 0.208 e. The molecule has 0 bridgehead atoms. The van der Waals surface area contributed by atoms with Crippen molar-refractivity contribution < 1.29 is 35.1 Å². The number of benzene rings is 1. The Bertz CT molecular complexity index is 694. The quantitative estimate of drug-likeness (QED) is 0.206. The average Bonchev–Trinajstić information content (AvgIpc) is 2.47. The zero-order chi connectivity index (χ0) is 17.0. The molecule has 1 aliphatic carbocycles. The van der Waals surface area contributed by atoms with Crippen LogP contribution in [0, 0.1) is 23.3 Å². The number of hydrogen-bond acceptors (Lipinski definition) is 0. The summed E-state index contributed by atoms with van der Waals surface area (Å²) in [5.74, 6) is -19.3. The monoisotopic (exact) mass is 456 g/mol. The fourth-order valence-corrected chi connectivity index (χ4v) is 2.59. The van der Waals surface area contributed by atoms with E-state index in [9.17, 15) is 35.1 Å². The van der Waals surface area contributed by atoms with E-state index in [0.29, 0.717) is 0 Å². The van der Waals surface area contributed by atoms with Crippen LogP contribution in [0.25, 0.3) is 0 Å². The van der Waals surface area contributed by atoms with Crippen molar-refractivity contribution in [3.8, 4) is 0 Å². The summed E-state index contributed by atoms with van der Waals surface area (Å²) in [6.07, 6.45) is 0. The summed E-state index contributed by atoms with van der Waals surface area (Å²) >= 11 is 4.66. The third kappa shape index (κ3) is 2.40. The second kappa shape index (κ2) is 5.63. The Morgan fingerprint density at radius 2 is 1.18 bits per heavy atom. The summed E-state index contributed by atoms with van der Waals surface area (Å²) in [6.45, 7) is 0. The molecule has 0 saturated carbocycles. The van der Waals surface area contributed by atoms with E-state index in [4.69, 9.17) is 0 Å². The Kier molecular flexibility index (Phi) is 4.46. The lowest BCUT2D eigenvalue weighted by molar-refractivity contribution is 0.369. The second-order valence-corrected chi connectivity index (χ2v) is 7.66. The Morgan fingerprint density at radius 1 is 0.727 bits per heavy atom. The standard InChI is InChI=1S/C12H2Br2F8/c13-12(14)10(21)7(18)4(8(19)11(12)22)2-1-3(15)6(17)9(20)5(2)16/h1,4H. The molecule has 0 N–H and O–H groups in total. The molecule has 2 rings (SSSR count). The molecule has 1 aromatic carbocycles. The molecule has 0 unspecified atom stereocenters. The van der Waals surface area contributed by atoms with Crippen LogP contribution < -0.4 is 0 Å². The van der Waals surface area contributed by atoms with Gasteiger partial charge in [0.2, 0.25) is 0 Å². The molecule has 0 nitrogen and oxygen atoms in total. The Morgan fingerprint density at radius 3 is 1.64 bits per heavy atom. The summed E-state index contributed by atoms with van der Waals surface area (Å²) in [6, 6.07) is -0.0758. The summed E-state index contributed by atoms with van der Waals surface area (Å²) in [5.41, 5.74) is -1.42. The van der Waals surface area contributed by atoms with Crippen molar-refractivity contribution in [3.63, 3.8) is 0 Å². The predicted octanol–water partition coefficient (Wildman–Crippen LogP) is 6.13. The van der Waals surface area contributed by atoms with Crippen molar-refractivity contribution in [2.24, 2.45) is 0 Å². The molecule has 0 atom stereocenters. The van der Waals surface area contributed by atoms with Gasteiger partial charge >= 0.3 is 0 Å². The van der Waals surface area contributed by atoms with Gasteiger partial charge in [0, 0.05) is 5.56 Å². The first-order chi connectivity index (χ1) is 10.0. The molecule has 0 saturated heterocycles. The van der Waals surface area contributed by atoms with E-state index in [1.807, 2.05) is 0 Å². The molecule has 22 heavy (non-hydrogen) atoms. The van der Waals surface area contributed by atoms with Gasteiger partial charge in [0.25, 0.3) is 0 Å². The zero-order valence-electron chi connectivity index (χ0n) is 9.93. The SMILES string of the molecule is FC1=C(F)C(Br)(Br)C(F)=C(F)C1c1cc(F)c(F)c(F)c1F. The summed E-state index contributed by atoms with van der Waals surface area (Å²) in [4.78, 5) is 0. The molecule has 10 heteroatoms. The van der Waals surface area contributed by atoms with Gasteiger partial charge in [0.05, 0.1) is 5.92 Å². The molecule has 0 aliphatic heterocycles. The molecular weight excluding hydrogens is 456 g/mol. The highest BCUT2D eigenvalue weighted by Crippen LogP contribution is 2.55. The first-order valence-electron chi connectivity index (χ1n) is 5.33. The van der Waals surface area contributed by atoms with Crippen LogP contribution in [0.15, 0.2) is 29.4 Å². The maximum atomic E-state index is 13.9. The van der Waals surface area contributed by atoms with E-state index in [1.54, 1.807) is 0 Å². The number of alkyl halides is 2. The van der Waals surface area contributed by atoms with Crippen LogP contribution in [-0.2, 0) is 0 Å². The Hall–Kier alpha value is -0.900. The average molecular weight is 458 g/mol. The third-order valence-corrected chi connectivity index (χ3v) is 4.31. The van der Waals surface area contributed by atoms with Crippen LogP contribution in [0.3, 0.4) is 0 Å². The highest BCUT2D eigenvalue weighted by molar-refractivity contribution is 9.25. The summed E-state index contributed by atoms with van der Waals surface area (Å²) in [5, 5.41) is 0. The van der Waals surface area contributed by atoms with E-state index >= 15 is 0 Å².